The van der Waals surface area contributed by atoms with Gasteiger partial charge in [0.15, 0.2) is 6.10 Å². The monoisotopic (exact) mass is 485 g/mol. The zero-order valence-corrected chi connectivity index (χ0v) is 18.9. The minimum Gasteiger partial charge on any atom is -0.465 e. The quantitative estimate of drug-likeness (QED) is 0.323. The Balaban J connectivity index is 1.52. The second kappa shape index (κ2) is 8.48. The Bertz CT molecular complexity index is 1390. The van der Waals surface area contributed by atoms with Crippen LogP contribution in [0.4, 0.5) is 0 Å². The molecular weight excluding hydrogens is 466 g/mol. The highest BCUT2D eigenvalue weighted by atomic mass is 79.9. The number of hydrogen-bond donors (Lipinski definition) is 0. The highest BCUT2D eigenvalue weighted by molar-refractivity contribution is 9.10. The molecule has 158 valence electrons. The molecule has 5 aromatic rings. The van der Waals surface area contributed by atoms with Crippen molar-refractivity contribution < 1.29 is 4.74 Å². The fourth-order valence-electron chi connectivity index (χ4n) is 3.89. The molecule has 0 aliphatic carbocycles. The summed E-state index contributed by atoms with van der Waals surface area (Å²) in [5.74, 6) is 0.487. The van der Waals surface area contributed by atoms with Crippen LogP contribution in [0, 0.1) is 0 Å². The average molecular weight is 486 g/mol. The Labute approximate surface area is 193 Å². The van der Waals surface area contributed by atoms with E-state index >= 15 is 0 Å². The van der Waals surface area contributed by atoms with Gasteiger partial charge >= 0.3 is 5.69 Å². The van der Waals surface area contributed by atoms with E-state index in [0.717, 1.165) is 26.6 Å². The summed E-state index contributed by atoms with van der Waals surface area (Å²) in [6.07, 6.45) is 1.39. The SMILES string of the molecule is Cn1c(=O)n(-c2ccc(OC(c3ccccc3)c3ccccc3)nc2)c2cccc(Br)c21. The lowest BCUT2D eigenvalue weighted by Crippen LogP contribution is -2.21. The molecule has 3 aromatic carbocycles. The topological polar surface area (TPSA) is 49.0 Å². The number of rotatable bonds is 5. The number of nitrogens with zero attached hydrogens (tertiary/aromatic N) is 3. The maximum absolute atomic E-state index is 12.9. The highest BCUT2D eigenvalue weighted by Crippen LogP contribution is 2.28. The number of halogens is 1. The second-order valence-electron chi connectivity index (χ2n) is 7.46. The summed E-state index contributed by atoms with van der Waals surface area (Å²) in [7, 11) is 1.77. The number of imidazole rings is 1. The number of pyridine rings is 1. The van der Waals surface area contributed by atoms with E-state index in [1.807, 2.05) is 84.9 Å². The lowest BCUT2D eigenvalue weighted by molar-refractivity contribution is 0.237. The molecule has 32 heavy (non-hydrogen) atoms. The van der Waals surface area contributed by atoms with Crippen molar-refractivity contribution in [2.75, 3.05) is 0 Å². The van der Waals surface area contributed by atoms with Crippen LogP contribution in [0.2, 0.25) is 0 Å². The molecule has 0 amide bonds. The van der Waals surface area contributed by atoms with Gasteiger partial charge in [-0.3, -0.25) is 9.13 Å². The molecule has 0 spiro atoms. The van der Waals surface area contributed by atoms with Gasteiger partial charge < -0.3 is 4.74 Å². The molecule has 5 nitrogen and oxygen atoms in total. The highest BCUT2D eigenvalue weighted by Gasteiger charge is 2.18. The molecule has 0 saturated heterocycles. The molecular formula is C26H20BrN3O2. The number of hydrogen-bond acceptors (Lipinski definition) is 3. The summed E-state index contributed by atoms with van der Waals surface area (Å²) in [6.45, 7) is 0. The normalized spacial score (nSPS) is 11.2. The molecule has 0 aliphatic rings. The van der Waals surface area contributed by atoms with E-state index < -0.39 is 0 Å². The molecule has 0 fully saturated rings. The lowest BCUT2D eigenvalue weighted by Gasteiger charge is -2.19. The van der Waals surface area contributed by atoms with E-state index in [-0.39, 0.29) is 11.8 Å². The second-order valence-corrected chi connectivity index (χ2v) is 8.31. The number of benzene rings is 3. The van der Waals surface area contributed by atoms with Gasteiger partial charge in [-0.1, -0.05) is 66.7 Å². The van der Waals surface area contributed by atoms with Crippen molar-refractivity contribution in [3.8, 4) is 11.6 Å². The summed E-state index contributed by atoms with van der Waals surface area (Å²) < 4.78 is 10.5. The van der Waals surface area contributed by atoms with Gasteiger partial charge in [0.05, 0.1) is 22.9 Å². The first-order valence-corrected chi connectivity index (χ1v) is 11.0. The molecule has 0 unspecified atom stereocenters. The van der Waals surface area contributed by atoms with Crippen molar-refractivity contribution in [2.24, 2.45) is 7.05 Å². The molecule has 0 N–H and O–H groups in total. The van der Waals surface area contributed by atoms with Crippen LogP contribution >= 0.6 is 15.9 Å². The lowest BCUT2D eigenvalue weighted by atomic mass is 10.0. The zero-order chi connectivity index (χ0) is 22.1. The number of aryl methyl sites for hydroxylation is 1. The van der Waals surface area contributed by atoms with Gasteiger partial charge in [0, 0.05) is 17.6 Å². The first kappa shape index (κ1) is 20.3. The van der Waals surface area contributed by atoms with Crippen LogP contribution in [0.1, 0.15) is 17.2 Å². The van der Waals surface area contributed by atoms with Gasteiger partial charge in [-0.25, -0.2) is 9.78 Å². The Morgan fingerprint density at radius 1 is 0.844 bits per heavy atom. The standard InChI is InChI=1S/C26H20BrN3O2/c1-29-24-21(27)13-8-14-22(24)30(26(29)31)20-15-16-23(28-17-20)32-25(18-9-4-2-5-10-18)19-11-6-3-7-12-19/h2-17,25H,1H3. The van der Waals surface area contributed by atoms with E-state index in [1.54, 1.807) is 28.4 Å². The van der Waals surface area contributed by atoms with E-state index in [4.69, 9.17) is 4.74 Å². The van der Waals surface area contributed by atoms with Crippen LogP contribution in [0.25, 0.3) is 16.7 Å². The first-order valence-electron chi connectivity index (χ1n) is 10.2. The third-order valence-corrected chi connectivity index (χ3v) is 6.08. The van der Waals surface area contributed by atoms with Crippen molar-refractivity contribution in [3.05, 3.63) is 123 Å². The number of fused-ring (bicyclic) bond motifs is 1. The number of aromatic nitrogens is 3. The first-order chi connectivity index (χ1) is 15.6. The predicted octanol–water partition coefficient (Wildman–Crippen LogP) is 5.66. The van der Waals surface area contributed by atoms with Gasteiger partial charge in [-0.2, -0.15) is 0 Å². The largest absolute Gasteiger partial charge is 0.465 e. The molecule has 0 atom stereocenters. The summed E-state index contributed by atoms with van der Waals surface area (Å²) in [5.41, 5.74) is 4.29. The number of ether oxygens (including phenoxy) is 1. The van der Waals surface area contributed by atoms with Crippen molar-refractivity contribution in [2.45, 2.75) is 6.10 Å². The average Bonchev–Trinajstić information content (AvgIpc) is 3.10. The van der Waals surface area contributed by atoms with Crippen molar-refractivity contribution in [1.82, 2.24) is 14.1 Å². The summed E-state index contributed by atoms with van der Waals surface area (Å²) >= 11 is 3.54. The van der Waals surface area contributed by atoms with Crippen LogP contribution < -0.4 is 10.4 Å². The van der Waals surface area contributed by atoms with Crippen molar-refractivity contribution >= 4 is 27.0 Å². The van der Waals surface area contributed by atoms with E-state index in [0.29, 0.717) is 11.6 Å². The molecule has 0 bridgehead atoms. The summed E-state index contributed by atoms with van der Waals surface area (Å²) in [6, 6.07) is 29.5. The van der Waals surface area contributed by atoms with Crippen LogP contribution in [-0.4, -0.2) is 14.1 Å². The smallest absolute Gasteiger partial charge is 0.333 e. The minimum absolute atomic E-state index is 0.131. The predicted molar refractivity (Wildman–Crippen MR) is 129 cm³/mol. The fraction of sp³-hybridized carbons (Fsp3) is 0.0769. The molecule has 0 radical (unpaired) electrons. The summed E-state index contributed by atoms with van der Waals surface area (Å²) in [4.78, 5) is 17.4. The third kappa shape index (κ3) is 3.63. The van der Waals surface area contributed by atoms with Crippen molar-refractivity contribution in [1.29, 1.82) is 0 Å². The molecule has 2 heterocycles. The molecule has 0 aliphatic heterocycles. The molecule has 0 saturated carbocycles. The third-order valence-electron chi connectivity index (χ3n) is 5.44. The van der Waals surface area contributed by atoms with Gasteiger partial charge in [-0.05, 0) is 45.3 Å². The molecule has 6 heteroatoms. The van der Waals surface area contributed by atoms with Crippen LogP contribution in [0.3, 0.4) is 0 Å². The Kier molecular flexibility index (Phi) is 5.37. The fourth-order valence-corrected chi connectivity index (χ4v) is 4.52. The Morgan fingerprint density at radius 2 is 1.50 bits per heavy atom. The Morgan fingerprint density at radius 3 is 2.09 bits per heavy atom. The maximum Gasteiger partial charge on any atom is 0.333 e. The zero-order valence-electron chi connectivity index (χ0n) is 17.4. The van der Waals surface area contributed by atoms with E-state index in [1.165, 1.54) is 0 Å². The Hall–Kier alpha value is -3.64. The van der Waals surface area contributed by atoms with Crippen LogP contribution in [-0.2, 0) is 7.05 Å². The number of para-hydroxylation sites is 1. The van der Waals surface area contributed by atoms with Crippen LogP contribution in [0.15, 0.2) is 106 Å². The van der Waals surface area contributed by atoms with Gasteiger partial charge in [0.2, 0.25) is 5.88 Å². The van der Waals surface area contributed by atoms with E-state index in [2.05, 4.69) is 20.9 Å². The molecule has 5 rings (SSSR count). The maximum atomic E-state index is 12.9. The van der Waals surface area contributed by atoms with Crippen LogP contribution in [0.5, 0.6) is 5.88 Å². The van der Waals surface area contributed by atoms with Crippen molar-refractivity contribution in [3.63, 3.8) is 0 Å². The van der Waals surface area contributed by atoms with Gasteiger partial charge in [0.1, 0.15) is 0 Å². The van der Waals surface area contributed by atoms with Gasteiger partial charge in [-0.15, -0.1) is 0 Å². The van der Waals surface area contributed by atoms with Gasteiger partial charge in [0.25, 0.3) is 0 Å². The summed E-state index contributed by atoms with van der Waals surface area (Å²) in [5, 5.41) is 0. The molecule has 2 aromatic heterocycles. The minimum atomic E-state index is -0.285. The van der Waals surface area contributed by atoms with E-state index in [9.17, 15) is 4.79 Å².